The van der Waals surface area contributed by atoms with E-state index < -0.39 is 0 Å². The molecular weight excluding hydrogens is 629 g/mol. The molecule has 1 heteroatoms. The van der Waals surface area contributed by atoms with Crippen LogP contribution in [0.15, 0.2) is 144 Å². The molecule has 0 amide bonds. The second-order valence-electron chi connectivity index (χ2n) is 16.4. The number of benzene rings is 7. The molecule has 1 heterocycles. The highest BCUT2D eigenvalue weighted by Gasteiger charge is 2.40. The summed E-state index contributed by atoms with van der Waals surface area (Å²) in [5, 5.41) is 2.34. The van der Waals surface area contributed by atoms with Gasteiger partial charge < -0.3 is 4.42 Å². The highest BCUT2D eigenvalue weighted by Crippen LogP contribution is 2.56. The number of para-hydroxylation sites is 1. The molecular formula is C51H40O. The fourth-order valence-electron chi connectivity index (χ4n) is 10.3. The Hall–Kier alpha value is -5.66. The summed E-state index contributed by atoms with van der Waals surface area (Å²) >= 11 is 0. The number of rotatable bonds is 2. The maximum Gasteiger partial charge on any atom is 0.135 e. The maximum atomic E-state index is 6.14. The molecule has 11 rings (SSSR count). The van der Waals surface area contributed by atoms with Gasteiger partial charge in [-0.3, -0.25) is 0 Å². The summed E-state index contributed by atoms with van der Waals surface area (Å²) < 4.78 is 6.14. The van der Waals surface area contributed by atoms with Gasteiger partial charge in [-0.15, -0.1) is 0 Å². The fourth-order valence-corrected chi connectivity index (χ4v) is 10.3. The predicted octanol–water partition coefficient (Wildman–Crippen LogP) is 13.6. The van der Waals surface area contributed by atoms with E-state index in [0.29, 0.717) is 5.92 Å². The average Bonchev–Trinajstić information content (AvgIpc) is 3.68. The zero-order valence-electron chi connectivity index (χ0n) is 30.2. The Morgan fingerprint density at radius 1 is 0.500 bits per heavy atom. The van der Waals surface area contributed by atoms with Crippen molar-refractivity contribution < 1.29 is 4.42 Å². The van der Waals surface area contributed by atoms with E-state index in [-0.39, 0.29) is 10.8 Å². The molecule has 0 saturated carbocycles. The second-order valence-corrected chi connectivity index (χ2v) is 16.4. The van der Waals surface area contributed by atoms with E-state index in [1.807, 2.05) is 6.07 Å². The lowest BCUT2D eigenvalue weighted by Crippen LogP contribution is -2.17. The molecule has 0 fully saturated rings. The van der Waals surface area contributed by atoms with E-state index in [9.17, 15) is 0 Å². The van der Waals surface area contributed by atoms with Crippen molar-refractivity contribution in [2.45, 2.75) is 57.3 Å². The van der Waals surface area contributed by atoms with Crippen LogP contribution in [0.5, 0.6) is 0 Å². The van der Waals surface area contributed by atoms with Crippen LogP contribution < -0.4 is 0 Å². The Kier molecular flexibility index (Phi) is 6.03. The second kappa shape index (κ2) is 10.5. The lowest BCUT2D eigenvalue weighted by molar-refractivity contribution is 0.655. The summed E-state index contributed by atoms with van der Waals surface area (Å²) in [6.45, 7) is 9.68. The van der Waals surface area contributed by atoms with Gasteiger partial charge in [-0.2, -0.15) is 0 Å². The first-order valence-corrected chi connectivity index (χ1v) is 18.9. The van der Waals surface area contributed by atoms with E-state index in [1.165, 1.54) is 94.2 Å². The fraction of sp³-hybridized carbons (Fsp3) is 0.176. The summed E-state index contributed by atoms with van der Waals surface area (Å²) in [6, 6.07) is 52.6. The van der Waals surface area contributed by atoms with Crippen molar-refractivity contribution in [2.75, 3.05) is 0 Å². The van der Waals surface area contributed by atoms with E-state index in [1.54, 1.807) is 0 Å². The molecule has 0 bridgehead atoms. The summed E-state index contributed by atoms with van der Waals surface area (Å²) in [6.07, 6.45) is 2.16. The molecule has 52 heavy (non-hydrogen) atoms. The Morgan fingerprint density at radius 2 is 1.15 bits per heavy atom. The standard InChI is InChI=1S/C51H40O/c1-50(2)44-28-32(31-21-26-47-42(27-31)39-13-8-10-16-46(39)52-47)19-23-37(44)38-24-20-33(29-45(38)50)34-22-17-30-18-25-41-36-12-7-9-15-43(36)51(3,4)49(41)48(30)40-14-6-5-11-35(34)40/h5-16,18-21,23-29,34H,17,22H2,1-4H3. The SMILES string of the molecule is CC1(C)c2cc(-c3ccc4oc5ccccc5c4c3)ccc2-c2ccc(C3CCc4ccc5c(c4-c4ccccc43)C(C)(C)c3ccccc3-5)cc21. The van der Waals surface area contributed by atoms with Crippen LogP contribution in [0.1, 0.15) is 79.0 Å². The zero-order valence-corrected chi connectivity index (χ0v) is 30.2. The highest BCUT2D eigenvalue weighted by atomic mass is 16.3. The van der Waals surface area contributed by atoms with Crippen LogP contribution in [0.4, 0.5) is 0 Å². The van der Waals surface area contributed by atoms with Crippen molar-refractivity contribution in [3.05, 3.63) is 178 Å². The van der Waals surface area contributed by atoms with Gasteiger partial charge in [0.2, 0.25) is 0 Å². The van der Waals surface area contributed by atoms with Gasteiger partial charge in [0.15, 0.2) is 0 Å². The smallest absolute Gasteiger partial charge is 0.135 e. The first-order chi connectivity index (χ1) is 25.3. The summed E-state index contributed by atoms with van der Waals surface area (Å²) in [5.41, 5.74) is 22.7. The first-order valence-electron chi connectivity index (χ1n) is 18.9. The number of hydrogen-bond acceptors (Lipinski definition) is 1. The normalized spacial score (nSPS) is 17.2. The Bertz CT molecular complexity index is 2800. The summed E-state index contributed by atoms with van der Waals surface area (Å²) in [5.74, 6) is 0.322. The van der Waals surface area contributed by atoms with Crippen LogP contribution in [-0.4, -0.2) is 0 Å². The quantitative estimate of drug-likeness (QED) is 0.179. The van der Waals surface area contributed by atoms with Gasteiger partial charge in [-0.25, -0.2) is 0 Å². The lowest BCUT2D eigenvalue weighted by atomic mass is 9.76. The van der Waals surface area contributed by atoms with Gasteiger partial charge in [0, 0.05) is 27.5 Å². The van der Waals surface area contributed by atoms with Crippen LogP contribution in [0.3, 0.4) is 0 Å². The van der Waals surface area contributed by atoms with Gasteiger partial charge in [0.25, 0.3) is 0 Å². The number of hydrogen-bond donors (Lipinski definition) is 0. The van der Waals surface area contributed by atoms with Crippen molar-refractivity contribution in [3.63, 3.8) is 0 Å². The van der Waals surface area contributed by atoms with E-state index >= 15 is 0 Å². The van der Waals surface area contributed by atoms with E-state index in [2.05, 4.69) is 161 Å². The Labute approximate surface area is 305 Å². The lowest BCUT2D eigenvalue weighted by Gasteiger charge is -2.27. The van der Waals surface area contributed by atoms with E-state index in [4.69, 9.17) is 4.42 Å². The molecule has 1 unspecified atom stereocenters. The first kappa shape index (κ1) is 30.0. The predicted molar refractivity (Wildman–Crippen MR) is 216 cm³/mol. The van der Waals surface area contributed by atoms with Crippen LogP contribution in [-0.2, 0) is 17.3 Å². The molecule has 0 aliphatic heterocycles. The Morgan fingerprint density at radius 3 is 2.04 bits per heavy atom. The van der Waals surface area contributed by atoms with Crippen molar-refractivity contribution >= 4 is 21.9 Å². The molecule has 0 radical (unpaired) electrons. The number of fused-ring (bicyclic) bond motifs is 13. The van der Waals surface area contributed by atoms with Gasteiger partial charge in [-0.1, -0.05) is 143 Å². The molecule has 1 atom stereocenters. The van der Waals surface area contributed by atoms with Crippen molar-refractivity contribution in [2.24, 2.45) is 0 Å². The van der Waals surface area contributed by atoms with E-state index in [0.717, 1.165) is 24.0 Å². The maximum absolute atomic E-state index is 6.14. The van der Waals surface area contributed by atoms with Gasteiger partial charge in [0.1, 0.15) is 11.2 Å². The third kappa shape index (κ3) is 4.00. The van der Waals surface area contributed by atoms with Crippen molar-refractivity contribution in [3.8, 4) is 44.5 Å². The molecule has 7 aromatic carbocycles. The largest absolute Gasteiger partial charge is 0.456 e. The Balaban J connectivity index is 1.000. The molecule has 8 aromatic rings. The molecule has 3 aliphatic rings. The van der Waals surface area contributed by atoms with Crippen LogP contribution >= 0.6 is 0 Å². The topological polar surface area (TPSA) is 13.1 Å². The monoisotopic (exact) mass is 668 g/mol. The molecule has 1 aromatic heterocycles. The van der Waals surface area contributed by atoms with Crippen LogP contribution in [0.2, 0.25) is 0 Å². The third-order valence-corrected chi connectivity index (χ3v) is 12.9. The van der Waals surface area contributed by atoms with Crippen LogP contribution in [0, 0.1) is 0 Å². The number of furan rings is 1. The van der Waals surface area contributed by atoms with Crippen molar-refractivity contribution in [1.82, 2.24) is 0 Å². The minimum atomic E-state index is -0.118. The molecule has 0 N–H and O–H groups in total. The van der Waals surface area contributed by atoms with Gasteiger partial charge >= 0.3 is 0 Å². The molecule has 1 nitrogen and oxygen atoms in total. The zero-order chi connectivity index (χ0) is 34.9. The minimum Gasteiger partial charge on any atom is -0.456 e. The van der Waals surface area contributed by atoms with Crippen molar-refractivity contribution in [1.29, 1.82) is 0 Å². The third-order valence-electron chi connectivity index (χ3n) is 12.9. The average molecular weight is 669 g/mol. The molecule has 3 aliphatic carbocycles. The minimum absolute atomic E-state index is 0.0511. The molecule has 0 saturated heterocycles. The highest BCUT2D eigenvalue weighted by molar-refractivity contribution is 6.06. The van der Waals surface area contributed by atoms with Crippen LogP contribution in [0.25, 0.3) is 66.4 Å². The number of aryl methyl sites for hydroxylation is 1. The van der Waals surface area contributed by atoms with Gasteiger partial charge in [-0.05, 0) is 121 Å². The van der Waals surface area contributed by atoms with Gasteiger partial charge in [0.05, 0.1) is 0 Å². The summed E-state index contributed by atoms with van der Waals surface area (Å²) in [4.78, 5) is 0. The molecule has 0 spiro atoms. The molecule has 250 valence electrons. The summed E-state index contributed by atoms with van der Waals surface area (Å²) in [7, 11) is 0.